The van der Waals surface area contributed by atoms with Gasteiger partial charge < -0.3 is 14.6 Å². The number of hydrogen-bond donors (Lipinski definition) is 1. The van der Waals surface area contributed by atoms with Gasteiger partial charge in [-0.3, -0.25) is 0 Å². The fourth-order valence-corrected chi connectivity index (χ4v) is 7.03. The number of carbonyl (C=O) groups excluding carboxylic acids is 1. The molecule has 0 aliphatic heterocycles. The van der Waals surface area contributed by atoms with E-state index in [9.17, 15) is 9.90 Å². The maximum absolute atomic E-state index is 11.7. The molecule has 4 heteroatoms. The molecule has 25 heavy (non-hydrogen) atoms. The molecule has 0 bridgehead atoms. The Morgan fingerprint density at radius 2 is 2.04 bits per heavy atom. The van der Waals surface area contributed by atoms with E-state index in [-0.39, 0.29) is 17.6 Å². The van der Waals surface area contributed by atoms with Crippen molar-refractivity contribution in [2.75, 3.05) is 7.11 Å². The van der Waals surface area contributed by atoms with Crippen molar-refractivity contribution in [2.45, 2.75) is 71.0 Å². The Morgan fingerprint density at radius 1 is 1.24 bits per heavy atom. The van der Waals surface area contributed by atoms with Crippen molar-refractivity contribution < 1.29 is 19.4 Å². The first-order chi connectivity index (χ1) is 11.9. The standard InChI is InChI=1S/C21H32O4/c1-12-10-13-11-14(22)4-5-15(13)16-8-9-21(2)17(19(12)16)6-7-18(21)25-20(23)24-3/h11-12,14-19,22H,4-10H2,1-3H3. The number of hydrogen-bond acceptors (Lipinski definition) is 4. The van der Waals surface area contributed by atoms with E-state index in [1.54, 1.807) is 0 Å². The smallest absolute Gasteiger partial charge is 0.438 e. The third-order valence-electron chi connectivity index (χ3n) is 8.09. The molecule has 140 valence electrons. The summed E-state index contributed by atoms with van der Waals surface area (Å²) in [6.07, 6.45) is 9.10. The zero-order valence-electron chi connectivity index (χ0n) is 15.7. The Kier molecular flexibility index (Phi) is 4.38. The van der Waals surface area contributed by atoms with Gasteiger partial charge >= 0.3 is 6.16 Å². The summed E-state index contributed by atoms with van der Waals surface area (Å²) in [6.45, 7) is 4.74. The van der Waals surface area contributed by atoms with Crippen LogP contribution in [0.2, 0.25) is 0 Å². The summed E-state index contributed by atoms with van der Waals surface area (Å²) in [5.41, 5.74) is 1.62. The van der Waals surface area contributed by atoms with E-state index in [0.717, 1.165) is 50.4 Å². The quantitative estimate of drug-likeness (QED) is 0.566. The summed E-state index contributed by atoms with van der Waals surface area (Å²) in [5.74, 6) is 3.44. The van der Waals surface area contributed by atoms with E-state index in [1.165, 1.54) is 19.1 Å². The van der Waals surface area contributed by atoms with Gasteiger partial charge in [0.25, 0.3) is 0 Å². The van der Waals surface area contributed by atoms with Crippen molar-refractivity contribution in [3.05, 3.63) is 11.6 Å². The Morgan fingerprint density at radius 3 is 2.80 bits per heavy atom. The van der Waals surface area contributed by atoms with E-state index >= 15 is 0 Å². The number of aliphatic hydroxyl groups excluding tert-OH is 1. The predicted octanol–water partition coefficient (Wildman–Crippen LogP) is 4.32. The Labute approximate surface area is 151 Å². The third-order valence-corrected chi connectivity index (χ3v) is 8.09. The van der Waals surface area contributed by atoms with Crippen LogP contribution in [0.3, 0.4) is 0 Å². The highest BCUT2D eigenvalue weighted by Crippen LogP contribution is 2.63. The van der Waals surface area contributed by atoms with Gasteiger partial charge in [0.1, 0.15) is 6.10 Å². The van der Waals surface area contributed by atoms with Gasteiger partial charge in [-0.2, -0.15) is 0 Å². The number of rotatable bonds is 1. The molecule has 1 N–H and O–H groups in total. The Hall–Kier alpha value is -1.03. The average Bonchev–Trinajstić information content (AvgIpc) is 2.90. The molecular weight excluding hydrogens is 316 g/mol. The summed E-state index contributed by atoms with van der Waals surface area (Å²) in [6, 6.07) is 0. The SMILES string of the molecule is COC(=O)OC1CCC2C3C(C)CC4=CC(O)CCC4C3CCC12C. The first-order valence-corrected chi connectivity index (χ1v) is 10.1. The number of methoxy groups -OCH3 is 1. The van der Waals surface area contributed by atoms with Crippen molar-refractivity contribution >= 4 is 6.16 Å². The van der Waals surface area contributed by atoms with Crippen LogP contribution >= 0.6 is 0 Å². The Balaban J connectivity index is 1.58. The van der Waals surface area contributed by atoms with Gasteiger partial charge in [0.2, 0.25) is 0 Å². The molecule has 0 aromatic heterocycles. The molecule has 0 amide bonds. The fourth-order valence-electron chi connectivity index (χ4n) is 7.03. The van der Waals surface area contributed by atoms with E-state index in [4.69, 9.17) is 9.47 Å². The molecule has 0 saturated heterocycles. The molecule has 0 aromatic rings. The van der Waals surface area contributed by atoms with Crippen LogP contribution in [0.1, 0.15) is 58.8 Å². The summed E-state index contributed by atoms with van der Waals surface area (Å²) < 4.78 is 10.4. The summed E-state index contributed by atoms with van der Waals surface area (Å²) in [7, 11) is 1.39. The lowest BCUT2D eigenvalue weighted by molar-refractivity contribution is -0.0838. The number of aliphatic hydroxyl groups is 1. The minimum Gasteiger partial charge on any atom is -0.438 e. The normalized spacial score (nSPS) is 48.6. The predicted molar refractivity (Wildman–Crippen MR) is 94.9 cm³/mol. The van der Waals surface area contributed by atoms with Crippen molar-refractivity contribution in [3.63, 3.8) is 0 Å². The molecule has 0 aromatic carbocycles. The van der Waals surface area contributed by atoms with Crippen molar-refractivity contribution in [1.29, 1.82) is 0 Å². The maximum atomic E-state index is 11.7. The van der Waals surface area contributed by atoms with Gasteiger partial charge in [-0.1, -0.05) is 25.5 Å². The molecule has 0 spiro atoms. The van der Waals surface area contributed by atoms with Crippen LogP contribution in [0.15, 0.2) is 11.6 Å². The molecule has 4 aliphatic carbocycles. The summed E-state index contributed by atoms with van der Waals surface area (Å²) in [4.78, 5) is 11.7. The van der Waals surface area contributed by atoms with Gasteiger partial charge in [0.15, 0.2) is 0 Å². The van der Waals surface area contributed by atoms with Crippen LogP contribution in [0.5, 0.6) is 0 Å². The molecular formula is C21H32O4. The lowest BCUT2D eigenvalue weighted by Gasteiger charge is -2.56. The second kappa shape index (κ2) is 6.29. The van der Waals surface area contributed by atoms with Crippen LogP contribution in [-0.2, 0) is 9.47 Å². The van der Waals surface area contributed by atoms with Gasteiger partial charge in [-0.25, -0.2) is 4.79 Å². The molecule has 0 radical (unpaired) electrons. The lowest BCUT2D eigenvalue weighted by atomic mass is 9.49. The van der Waals surface area contributed by atoms with Crippen molar-refractivity contribution in [1.82, 2.24) is 0 Å². The lowest BCUT2D eigenvalue weighted by Crippen LogP contribution is -2.51. The fraction of sp³-hybridized carbons (Fsp3) is 0.857. The topological polar surface area (TPSA) is 55.8 Å². The van der Waals surface area contributed by atoms with Crippen molar-refractivity contribution in [3.8, 4) is 0 Å². The minimum atomic E-state index is -0.530. The number of ether oxygens (including phenoxy) is 2. The molecule has 4 nitrogen and oxygen atoms in total. The molecule has 4 aliphatic rings. The summed E-state index contributed by atoms with van der Waals surface area (Å²) >= 11 is 0. The monoisotopic (exact) mass is 348 g/mol. The third kappa shape index (κ3) is 2.72. The number of fused-ring (bicyclic) bond motifs is 5. The van der Waals surface area contributed by atoms with Gasteiger partial charge in [0.05, 0.1) is 13.2 Å². The first kappa shape index (κ1) is 17.4. The van der Waals surface area contributed by atoms with E-state index < -0.39 is 6.16 Å². The maximum Gasteiger partial charge on any atom is 0.508 e. The molecule has 8 atom stereocenters. The van der Waals surface area contributed by atoms with Crippen LogP contribution in [0.25, 0.3) is 0 Å². The van der Waals surface area contributed by atoms with E-state index in [1.807, 2.05) is 0 Å². The minimum absolute atomic E-state index is 0.00298. The number of carbonyl (C=O) groups is 1. The van der Waals surface area contributed by atoms with Crippen LogP contribution in [-0.4, -0.2) is 30.6 Å². The first-order valence-electron chi connectivity index (χ1n) is 10.1. The van der Waals surface area contributed by atoms with E-state index in [2.05, 4.69) is 19.9 Å². The van der Waals surface area contributed by atoms with Crippen molar-refractivity contribution in [2.24, 2.45) is 35.0 Å². The summed E-state index contributed by atoms with van der Waals surface area (Å²) in [5, 5.41) is 10.0. The highest BCUT2D eigenvalue weighted by atomic mass is 16.7. The zero-order chi connectivity index (χ0) is 17.8. The van der Waals surface area contributed by atoms with Crippen LogP contribution in [0.4, 0.5) is 4.79 Å². The molecule has 3 saturated carbocycles. The van der Waals surface area contributed by atoms with Gasteiger partial charge in [-0.15, -0.1) is 0 Å². The second-order valence-corrected chi connectivity index (χ2v) is 9.20. The average molecular weight is 348 g/mol. The van der Waals surface area contributed by atoms with Crippen LogP contribution in [0, 0.1) is 35.0 Å². The second-order valence-electron chi connectivity index (χ2n) is 9.20. The largest absolute Gasteiger partial charge is 0.508 e. The molecule has 3 fully saturated rings. The molecule has 8 unspecified atom stereocenters. The highest BCUT2D eigenvalue weighted by Gasteiger charge is 2.59. The molecule has 4 rings (SSSR count). The highest BCUT2D eigenvalue weighted by molar-refractivity contribution is 5.60. The zero-order valence-corrected chi connectivity index (χ0v) is 15.7. The molecule has 0 heterocycles. The van der Waals surface area contributed by atoms with E-state index in [0.29, 0.717) is 17.8 Å². The van der Waals surface area contributed by atoms with Crippen LogP contribution < -0.4 is 0 Å². The Bertz CT molecular complexity index is 570. The van der Waals surface area contributed by atoms with Gasteiger partial charge in [-0.05, 0) is 74.5 Å². The van der Waals surface area contributed by atoms with Gasteiger partial charge in [0, 0.05) is 5.41 Å². The number of allylic oxidation sites excluding steroid dienone is 1.